The Bertz CT molecular complexity index is 3720. The van der Waals surface area contributed by atoms with Crippen LogP contribution in [0.25, 0.3) is 32.3 Å². The van der Waals surface area contributed by atoms with Crippen molar-refractivity contribution >= 4 is 68.1 Å². The summed E-state index contributed by atoms with van der Waals surface area (Å²) in [5.41, 5.74) is 2.52. The van der Waals surface area contributed by atoms with E-state index in [0.717, 1.165) is 94.1 Å². The summed E-state index contributed by atoms with van der Waals surface area (Å²) >= 11 is 0. The lowest BCUT2D eigenvalue weighted by molar-refractivity contribution is -0.139. The molecular weight excluding hydrogens is 1130 g/mol. The summed E-state index contributed by atoms with van der Waals surface area (Å²) in [6, 6.07) is 41.0. The van der Waals surface area contributed by atoms with E-state index in [2.05, 4.69) is 19.7 Å². The highest BCUT2D eigenvalue weighted by Gasteiger charge is 2.17. The van der Waals surface area contributed by atoms with E-state index in [1.807, 2.05) is 38.1 Å². The summed E-state index contributed by atoms with van der Waals surface area (Å²) < 4.78 is 47.9. The molecule has 1 aliphatic heterocycles. The number of hydrogen-bond donors (Lipinski definition) is 3. The number of aryl methyl sites for hydroxylation is 2. The Morgan fingerprint density at radius 3 is 1.26 bits per heavy atom. The highest BCUT2D eigenvalue weighted by Crippen LogP contribution is 2.30. The van der Waals surface area contributed by atoms with Gasteiger partial charge in [-0.3, -0.25) is 0 Å². The summed E-state index contributed by atoms with van der Waals surface area (Å²) in [7, 11) is 0. The van der Waals surface area contributed by atoms with Gasteiger partial charge in [-0.15, -0.1) is 0 Å². The maximum absolute atomic E-state index is 13.2. The molecule has 1 aliphatic rings. The number of fused-ring (bicyclic) bond motifs is 3. The predicted molar refractivity (Wildman–Crippen MR) is 333 cm³/mol. The summed E-state index contributed by atoms with van der Waals surface area (Å²) in [5, 5.41) is 32.3. The van der Waals surface area contributed by atoms with Crippen LogP contribution in [0.1, 0.15) is 81.7 Å². The van der Waals surface area contributed by atoms with E-state index in [0.29, 0.717) is 46.3 Å². The Morgan fingerprint density at radius 1 is 0.443 bits per heavy atom. The molecule has 0 radical (unpaired) electrons. The lowest BCUT2D eigenvalue weighted by atomic mass is 10.1. The van der Waals surface area contributed by atoms with E-state index < -0.39 is 35.8 Å². The molecule has 0 spiro atoms. The molecule has 3 N–H and O–H groups in total. The SMILES string of the molecule is C1CCOC1.C=CC(=O)OCCOc1ccc2cc(C(=O)O)ccc2c1.C=CC(=O)OCCOc1ccc2cc(C(=O)Oc3ccc(OC(=O)c4ccc5cc(OCCOC(=O)C=C)ccc5c4)c(CCC)c3)ccc2c1.CCCc1cc(O)ccc1O. The largest absolute Gasteiger partial charge is 0.508 e. The fraction of sp³-hybridized carbons (Fsp3) is 0.229. The number of carboxylic acids is 1. The molecular formula is C70H70O18. The van der Waals surface area contributed by atoms with E-state index >= 15 is 0 Å². The molecule has 0 aromatic heterocycles. The highest BCUT2D eigenvalue weighted by molar-refractivity contribution is 5.98. The molecule has 9 rings (SSSR count). The number of carbonyl (C=O) groups excluding carboxylic acids is 5. The van der Waals surface area contributed by atoms with Crippen molar-refractivity contribution in [3.63, 3.8) is 0 Å². The van der Waals surface area contributed by atoms with Gasteiger partial charge >= 0.3 is 35.8 Å². The maximum atomic E-state index is 13.2. The fourth-order valence-corrected chi connectivity index (χ4v) is 8.47. The first-order chi connectivity index (χ1) is 42.6. The first-order valence-corrected chi connectivity index (χ1v) is 28.4. The molecule has 0 bridgehead atoms. The second-order valence-corrected chi connectivity index (χ2v) is 19.3. The van der Waals surface area contributed by atoms with E-state index in [4.69, 9.17) is 52.8 Å². The number of ether oxygens (including phenoxy) is 9. The third-order valence-electron chi connectivity index (χ3n) is 12.8. The van der Waals surface area contributed by atoms with Gasteiger partial charge < -0.3 is 58.0 Å². The van der Waals surface area contributed by atoms with Crippen LogP contribution >= 0.6 is 0 Å². The molecule has 0 saturated carbocycles. The van der Waals surface area contributed by atoms with Crippen molar-refractivity contribution in [1.82, 2.24) is 0 Å². The van der Waals surface area contributed by atoms with Gasteiger partial charge in [0.1, 0.15) is 79.9 Å². The number of phenolic OH excluding ortho intramolecular Hbond substituents is 2. The van der Waals surface area contributed by atoms with E-state index in [1.54, 1.807) is 109 Å². The molecule has 0 amide bonds. The summed E-state index contributed by atoms with van der Waals surface area (Å²) in [6.07, 6.45) is 8.98. The number of aromatic hydroxyl groups is 2. The van der Waals surface area contributed by atoms with Crippen LogP contribution in [0.5, 0.6) is 40.2 Å². The van der Waals surface area contributed by atoms with Crippen LogP contribution in [0.15, 0.2) is 184 Å². The van der Waals surface area contributed by atoms with E-state index in [1.165, 1.54) is 25.0 Å². The van der Waals surface area contributed by atoms with Crippen molar-refractivity contribution in [1.29, 1.82) is 0 Å². The minimum Gasteiger partial charge on any atom is -0.508 e. The van der Waals surface area contributed by atoms with Crippen molar-refractivity contribution in [2.45, 2.75) is 52.4 Å². The van der Waals surface area contributed by atoms with Crippen molar-refractivity contribution in [3.8, 4) is 40.2 Å². The molecule has 0 atom stereocenters. The number of carbonyl (C=O) groups is 6. The van der Waals surface area contributed by atoms with Gasteiger partial charge in [0.2, 0.25) is 0 Å². The maximum Gasteiger partial charge on any atom is 0.343 e. The van der Waals surface area contributed by atoms with E-state index in [9.17, 15) is 33.9 Å². The van der Waals surface area contributed by atoms with Crippen molar-refractivity contribution in [2.24, 2.45) is 0 Å². The number of benzene rings is 8. The molecule has 88 heavy (non-hydrogen) atoms. The molecule has 1 fully saturated rings. The minimum atomic E-state index is -0.957. The Hall–Kier alpha value is -10.5. The van der Waals surface area contributed by atoms with Gasteiger partial charge in [0, 0.05) is 31.4 Å². The van der Waals surface area contributed by atoms with Crippen molar-refractivity contribution in [2.75, 3.05) is 52.9 Å². The molecule has 18 nitrogen and oxygen atoms in total. The van der Waals surface area contributed by atoms with Gasteiger partial charge in [-0.25, -0.2) is 28.8 Å². The Balaban J connectivity index is 0.000000268. The summed E-state index contributed by atoms with van der Waals surface area (Å²) in [4.78, 5) is 70.4. The van der Waals surface area contributed by atoms with E-state index in [-0.39, 0.29) is 56.7 Å². The topological polar surface area (TPSA) is 246 Å². The average Bonchev–Trinajstić information content (AvgIpc) is 4.32. The predicted octanol–water partition coefficient (Wildman–Crippen LogP) is 13.1. The normalized spacial score (nSPS) is 11.2. The van der Waals surface area contributed by atoms with Gasteiger partial charge in [0.25, 0.3) is 0 Å². The number of carboxylic acid groups (broad SMARTS) is 1. The molecule has 1 saturated heterocycles. The smallest absolute Gasteiger partial charge is 0.343 e. The summed E-state index contributed by atoms with van der Waals surface area (Å²) in [6.45, 7) is 17.0. The number of esters is 5. The molecule has 458 valence electrons. The van der Waals surface area contributed by atoms with Crippen LogP contribution in [-0.2, 0) is 46.2 Å². The minimum absolute atomic E-state index is 0.0980. The Kier molecular flexibility index (Phi) is 26.6. The first-order valence-electron chi connectivity index (χ1n) is 28.4. The molecule has 18 heteroatoms. The average molecular weight is 1200 g/mol. The second kappa shape index (κ2) is 35.1. The third-order valence-corrected chi connectivity index (χ3v) is 12.8. The highest BCUT2D eigenvalue weighted by atomic mass is 16.6. The molecule has 8 aromatic rings. The van der Waals surface area contributed by atoms with Crippen LogP contribution < -0.4 is 23.7 Å². The Morgan fingerprint density at radius 2 is 0.841 bits per heavy atom. The van der Waals surface area contributed by atoms with Crippen LogP contribution in [0.2, 0.25) is 0 Å². The Labute approximate surface area is 509 Å². The molecule has 0 aliphatic carbocycles. The summed E-state index contributed by atoms with van der Waals surface area (Å²) in [5.74, 6) is -0.516. The van der Waals surface area contributed by atoms with Gasteiger partial charge in [-0.2, -0.15) is 0 Å². The third kappa shape index (κ3) is 21.6. The van der Waals surface area contributed by atoms with Crippen molar-refractivity contribution < 1.29 is 86.7 Å². The quantitative estimate of drug-likeness (QED) is 0.0127. The fourth-order valence-electron chi connectivity index (χ4n) is 8.47. The molecule has 0 unspecified atom stereocenters. The molecule has 1 heterocycles. The van der Waals surface area contributed by atoms with Crippen molar-refractivity contribution in [3.05, 3.63) is 211 Å². The van der Waals surface area contributed by atoms with Gasteiger partial charge in [-0.05, 0) is 178 Å². The number of rotatable bonds is 24. The standard InChI is InChI=1S/C41H36O10.C16H14O5.C9H12O2.C4H8O/c1-4-7-31-26-36(50-40(44)32-10-8-29-24-34(14-12-27(29)22-32)46-18-20-48-38(42)5-2)16-17-37(31)51-41(45)33-11-9-30-25-35(15-13-28(30)23-33)47-19-21-49-39(43)6-3;1-2-15(17)21-8-7-20-14-6-5-11-9-13(16(18)19)4-3-12(11)10-14;1-2-3-7-6-8(10)4-5-9(7)11;1-2-4-5-3-1/h5-6,8-17,22-26H,2-4,7,18-21H2,1H3;2-6,9-10H,1,7-8H2,(H,18,19);4-6,10-11H,2-3H2,1H3;1-4H2. The van der Waals surface area contributed by atoms with Crippen LogP contribution in [0.3, 0.4) is 0 Å². The second-order valence-electron chi connectivity index (χ2n) is 19.3. The zero-order chi connectivity index (χ0) is 63.2. The zero-order valence-corrected chi connectivity index (χ0v) is 49.1. The first kappa shape index (κ1) is 66.7. The zero-order valence-electron chi connectivity index (χ0n) is 49.1. The monoisotopic (exact) mass is 1200 g/mol. The van der Waals surface area contributed by atoms with Gasteiger partial charge in [0.15, 0.2) is 0 Å². The number of phenols is 2. The van der Waals surface area contributed by atoms with Gasteiger partial charge in [0.05, 0.1) is 16.7 Å². The number of hydrogen-bond acceptors (Lipinski definition) is 17. The van der Waals surface area contributed by atoms with Crippen LogP contribution in [-0.4, -0.2) is 104 Å². The van der Waals surface area contributed by atoms with Crippen LogP contribution in [0, 0.1) is 0 Å². The molecule has 8 aromatic carbocycles. The van der Waals surface area contributed by atoms with Crippen LogP contribution in [0.4, 0.5) is 0 Å². The number of aromatic carboxylic acids is 1. The van der Waals surface area contributed by atoms with Gasteiger partial charge in [-0.1, -0.05) is 82.8 Å². The lowest BCUT2D eigenvalue weighted by Crippen LogP contribution is -2.11. The lowest BCUT2D eigenvalue weighted by Gasteiger charge is -2.13.